The average molecular weight is 314 g/mol. The zero-order valence-corrected chi connectivity index (χ0v) is 13.6. The van der Waals surface area contributed by atoms with Gasteiger partial charge in [-0.2, -0.15) is 5.10 Å². The Balaban J connectivity index is 1.56. The Kier molecular flexibility index (Phi) is 4.62. The number of aromatic nitrogens is 2. The van der Waals surface area contributed by atoms with Gasteiger partial charge in [0.25, 0.3) is 5.91 Å². The van der Waals surface area contributed by atoms with Crippen LogP contribution < -0.4 is 4.74 Å². The van der Waals surface area contributed by atoms with Gasteiger partial charge in [0, 0.05) is 57.1 Å². The lowest BCUT2D eigenvalue weighted by Gasteiger charge is -2.34. The first-order valence-corrected chi connectivity index (χ1v) is 7.79. The minimum absolute atomic E-state index is 0.0740. The number of aryl methyl sites for hydroxylation is 1. The maximum absolute atomic E-state index is 12.6. The van der Waals surface area contributed by atoms with E-state index in [1.807, 2.05) is 47.2 Å². The standard InChI is InChI=1S/C17H22N4O2/c1-19-12-14(11-18-19)13-20-6-8-21(9-7-20)17(22)15-4-3-5-16(10-15)23-2/h3-5,10-12H,6-9,13H2,1-2H3. The van der Waals surface area contributed by atoms with Crippen LogP contribution >= 0.6 is 0 Å². The smallest absolute Gasteiger partial charge is 0.254 e. The topological polar surface area (TPSA) is 50.6 Å². The number of ether oxygens (including phenoxy) is 1. The number of benzene rings is 1. The van der Waals surface area contributed by atoms with Gasteiger partial charge in [0.15, 0.2) is 0 Å². The van der Waals surface area contributed by atoms with Crippen LogP contribution in [0.15, 0.2) is 36.7 Å². The maximum Gasteiger partial charge on any atom is 0.254 e. The highest BCUT2D eigenvalue weighted by atomic mass is 16.5. The zero-order chi connectivity index (χ0) is 16.2. The summed E-state index contributed by atoms with van der Waals surface area (Å²) >= 11 is 0. The Bertz CT molecular complexity index is 675. The molecule has 0 spiro atoms. The highest BCUT2D eigenvalue weighted by Crippen LogP contribution is 2.16. The second kappa shape index (κ2) is 6.83. The van der Waals surface area contributed by atoms with Crippen molar-refractivity contribution < 1.29 is 9.53 Å². The summed E-state index contributed by atoms with van der Waals surface area (Å²) in [5.41, 5.74) is 1.89. The Morgan fingerprint density at radius 1 is 1.26 bits per heavy atom. The average Bonchev–Trinajstić information content (AvgIpc) is 3.00. The van der Waals surface area contributed by atoms with Crippen molar-refractivity contribution >= 4 is 5.91 Å². The summed E-state index contributed by atoms with van der Waals surface area (Å²) < 4.78 is 7.01. The first kappa shape index (κ1) is 15.6. The van der Waals surface area contributed by atoms with E-state index in [4.69, 9.17) is 4.74 Å². The van der Waals surface area contributed by atoms with E-state index in [0.717, 1.165) is 32.7 Å². The van der Waals surface area contributed by atoms with Gasteiger partial charge in [-0.1, -0.05) is 6.07 Å². The normalized spacial score (nSPS) is 15.7. The molecule has 1 fully saturated rings. The summed E-state index contributed by atoms with van der Waals surface area (Å²) in [6.45, 7) is 4.14. The summed E-state index contributed by atoms with van der Waals surface area (Å²) in [5, 5.41) is 4.19. The van der Waals surface area contributed by atoms with Crippen molar-refractivity contribution in [2.24, 2.45) is 7.05 Å². The van der Waals surface area contributed by atoms with E-state index in [1.54, 1.807) is 13.2 Å². The fourth-order valence-corrected chi connectivity index (χ4v) is 2.86. The van der Waals surface area contributed by atoms with Crippen LogP contribution in [0.5, 0.6) is 5.75 Å². The Morgan fingerprint density at radius 2 is 2.04 bits per heavy atom. The molecular weight excluding hydrogens is 292 g/mol. The van der Waals surface area contributed by atoms with Crippen LogP contribution in [0.25, 0.3) is 0 Å². The van der Waals surface area contributed by atoms with Gasteiger partial charge in [-0.15, -0.1) is 0 Å². The van der Waals surface area contributed by atoms with Crippen molar-refractivity contribution in [2.75, 3.05) is 33.3 Å². The number of hydrogen-bond acceptors (Lipinski definition) is 4. The Labute approximate surface area is 136 Å². The molecule has 6 nitrogen and oxygen atoms in total. The van der Waals surface area contributed by atoms with Crippen LogP contribution in [0.4, 0.5) is 0 Å². The third-order valence-electron chi connectivity index (χ3n) is 4.14. The molecule has 0 saturated carbocycles. The number of piperazine rings is 1. The van der Waals surface area contributed by atoms with Gasteiger partial charge in [-0.05, 0) is 18.2 Å². The predicted octanol–water partition coefficient (Wildman–Crippen LogP) is 1.39. The van der Waals surface area contributed by atoms with Gasteiger partial charge >= 0.3 is 0 Å². The van der Waals surface area contributed by atoms with E-state index in [1.165, 1.54) is 5.56 Å². The first-order valence-electron chi connectivity index (χ1n) is 7.79. The zero-order valence-electron chi connectivity index (χ0n) is 13.6. The number of rotatable bonds is 4. The number of amides is 1. The minimum atomic E-state index is 0.0740. The third kappa shape index (κ3) is 3.71. The molecule has 1 amide bonds. The highest BCUT2D eigenvalue weighted by molar-refractivity contribution is 5.94. The molecule has 122 valence electrons. The van der Waals surface area contributed by atoms with Crippen molar-refractivity contribution in [3.8, 4) is 5.75 Å². The van der Waals surface area contributed by atoms with Crippen LogP contribution in [0.2, 0.25) is 0 Å². The van der Waals surface area contributed by atoms with Crippen LogP contribution in [0.1, 0.15) is 15.9 Å². The molecule has 0 N–H and O–H groups in total. The molecule has 2 heterocycles. The summed E-state index contributed by atoms with van der Waals surface area (Å²) in [4.78, 5) is 16.8. The molecular formula is C17H22N4O2. The van der Waals surface area contributed by atoms with E-state index in [0.29, 0.717) is 11.3 Å². The number of hydrogen-bond donors (Lipinski definition) is 0. The minimum Gasteiger partial charge on any atom is -0.497 e. The van der Waals surface area contributed by atoms with Gasteiger partial charge in [-0.25, -0.2) is 0 Å². The molecule has 6 heteroatoms. The molecule has 1 aliphatic rings. The molecule has 2 aromatic rings. The summed E-state index contributed by atoms with van der Waals surface area (Å²) in [7, 11) is 3.54. The van der Waals surface area contributed by atoms with Crippen LogP contribution in [0.3, 0.4) is 0 Å². The predicted molar refractivity (Wildman–Crippen MR) is 87.4 cm³/mol. The van der Waals surface area contributed by atoms with Crippen molar-refractivity contribution in [2.45, 2.75) is 6.54 Å². The quantitative estimate of drug-likeness (QED) is 0.856. The molecule has 0 aliphatic carbocycles. The fourth-order valence-electron chi connectivity index (χ4n) is 2.86. The van der Waals surface area contributed by atoms with E-state index in [2.05, 4.69) is 10.00 Å². The number of carbonyl (C=O) groups is 1. The molecule has 3 rings (SSSR count). The van der Waals surface area contributed by atoms with E-state index >= 15 is 0 Å². The largest absolute Gasteiger partial charge is 0.497 e. The lowest BCUT2D eigenvalue weighted by atomic mass is 10.1. The lowest BCUT2D eigenvalue weighted by Crippen LogP contribution is -2.48. The number of methoxy groups -OCH3 is 1. The van der Waals surface area contributed by atoms with Gasteiger partial charge in [-0.3, -0.25) is 14.4 Å². The third-order valence-corrected chi connectivity index (χ3v) is 4.14. The molecule has 1 saturated heterocycles. The van der Waals surface area contributed by atoms with Crippen LogP contribution in [-0.4, -0.2) is 58.8 Å². The van der Waals surface area contributed by atoms with Crippen LogP contribution in [0, 0.1) is 0 Å². The monoisotopic (exact) mass is 314 g/mol. The van der Waals surface area contributed by atoms with Gasteiger partial charge in [0.05, 0.1) is 13.3 Å². The Morgan fingerprint density at radius 3 is 2.70 bits per heavy atom. The molecule has 0 radical (unpaired) electrons. The van der Waals surface area contributed by atoms with Crippen molar-refractivity contribution in [3.05, 3.63) is 47.8 Å². The molecule has 0 atom stereocenters. The van der Waals surface area contributed by atoms with Gasteiger partial charge in [0.1, 0.15) is 5.75 Å². The summed E-state index contributed by atoms with van der Waals surface area (Å²) in [5.74, 6) is 0.788. The molecule has 0 unspecified atom stereocenters. The highest BCUT2D eigenvalue weighted by Gasteiger charge is 2.22. The van der Waals surface area contributed by atoms with Gasteiger partial charge in [0.2, 0.25) is 0 Å². The second-order valence-corrected chi connectivity index (χ2v) is 5.82. The van der Waals surface area contributed by atoms with Crippen molar-refractivity contribution in [3.63, 3.8) is 0 Å². The Hall–Kier alpha value is -2.34. The molecule has 1 aromatic carbocycles. The fraction of sp³-hybridized carbons (Fsp3) is 0.412. The summed E-state index contributed by atoms with van der Waals surface area (Å²) in [6, 6.07) is 7.34. The molecule has 23 heavy (non-hydrogen) atoms. The molecule has 0 bridgehead atoms. The summed E-state index contributed by atoms with van der Waals surface area (Å²) in [6.07, 6.45) is 3.93. The van der Waals surface area contributed by atoms with Crippen molar-refractivity contribution in [1.82, 2.24) is 19.6 Å². The van der Waals surface area contributed by atoms with E-state index < -0.39 is 0 Å². The van der Waals surface area contributed by atoms with E-state index in [9.17, 15) is 4.79 Å². The number of nitrogens with zero attached hydrogens (tertiary/aromatic N) is 4. The van der Waals surface area contributed by atoms with Crippen molar-refractivity contribution in [1.29, 1.82) is 0 Å². The number of carbonyl (C=O) groups excluding carboxylic acids is 1. The maximum atomic E-state index is 12.6. The SMILES string of the molecule is COc1cccc(C(=O)N2CCN(Cc3cnn(C)c3)CC2)c1. The van der Waals surface area contributed by atoms with Gasteiger partial charge < -0.3 is 9.64 Å². The second-order valence-electron chi connectivity index (χ2n) is 5.82. The molecule has 1 aromatic heterocycles. The first-order chi connectivity index (χ1) is 11.2. The van der Waals surface area contributed by atoms with E-state index in [-0.39, 0.29) is 5.91 Å². The van der Waals surface area contributed by atoms with Crippen LogP contribution in [-0.2, 0) is 13.6 Å². The molecule has 1 aliphatic heterocycles. The lowest BCUT2D eigenvalue weighted by molar-refractivity contribution is 0.0628.